The van der Waals surface area contributed by atoms with Crippen LogP contribution in [0, 0.1) is 0 Å². The zero-order valence-corrected chi connectivity index (χ0v) is 18.1. The predicted molar refractivity (Wildman–Crippen MR) is 135 cm³/mol. The molecule has 0 N–H and O–H groups in total. The number of ketones is 1. The highest BCUT2D eigenvalue weighted by atomic mass is 16.1. The zero-order chi connectivity index (χ0) is 22.4. The molecule has 0 fully saturated rings. The van der Waals surface area contributed by atoms with Crippen LogP contribution in [-0.4, -0.2) is 15.8 Å². The summed E-state index contributed by atoms with van der Waals surface area (Å²) in [6.45, 7) is 1.61. The quantitative estimate of drug-likeness (QED) is 0.219. The predicted octanol–water partition coefficient (Wildman–Crippen LogP) is 7.47. The van der Waals surface area contributed by atoms with Crippen LogP contribution in [0.15, 0.2) is 103 Å². The molecule has 0 atom stereocenters. The minimum Gasteiger partial charge on any atom is -0.294 e. The third kappa shape index (κ3) is 3.26. The number of carbonyl (C=O) groups is 1. The number of carbonyl (C=O) groups excluding carboxylic acids is 1. The third-order valence-corrected chi connectivity index (χ3v) is 6.17. The molecule has 4 aromatic carbocycles. The second-order valence-corrected chi connectivity index (χ2v) is 8.23. The van der Waals surface area contributed by atoms with Crippen LogP contribution in [0.4, 0.5) is 0 Å². The van der Waals surface area contributed by atoms with Crippen molar-refractivity contribution in [1.82, 2.24) is 9.97 Å². The average Bonchev–Trinajstić information content (AvgIpc) is 2.87. The van der Waals surface area contributed by atoms with Crippen molar-refractivity contribution < 1.29 is 4.79 Å². The van der Waals surface area contributed by atoms with E-state index in [0.717, 1.165) is 60.7 Å². The van der Waals surface area contributed by atoms with E-state index in [1.54, 1.807) is 6.92 Å². The summed E-state index contributed by atoms with van der Waals surface area (Å²) in [5.74, 6) is 0.0628. The summed E-state index contributed by atoms with van der Waals surface area (Å²) in [6.07, 6.45) is 0. The molecule has 6 aromatic rings. The van der Waals surface area contributed by atoms with Gasteiger partial charge in [0.15, 0.2) is 5.78 Å². The maximum absolute atomic E-state index is 12.2. The van der Waals surface area contributed by atoms with Crippen LogP contribution in [0.2, 0.25) is 0 Å². The van der Waals surface area contributed by atoms with E-state index in [2.05, 4.69) is 48.5 Å². The first-order valence-electron chi connectivity index (χ1n) is 11.0. The highest BCUT2D eigenvalue weighted by Gasteiger charge is 2.13. The van der Waals surface area contributed by atoms with E-state index in [0.29, 0.717) is 0 Å². The fraction of sp³-hybridized carbons (Fsp3) is 0.0333. The summed E-state index contributed by atoms with van der Waals surface area (Å²) in [5, 5.41) is 4.08. The molecule has 0 unspecified atom stereocenters. The standard InChI is InChI=1S/C30H20N2O/c1-19(33)23-15-16-26(25-10-6-5-9-24(23)25)28-18-14-22-12-11-21-13-17-27(20-7-3-2-4-8-20)31-29(21)30(22)32-28/h2-18H,1H3. The van der Waals surface area contributed by atoms with Crippen molar-refractivity contribution in [3.63, 3.8) is 0 Å². The summed E-state index contributed by atoms with van der Waals surface area (Å²) >= 11 is 0. The molecule has 2 aromatic heterocycles. The van der Waals surface area contributed by atoms with Gasteiger partial charge in [-0.2, -0.15) is 0 Å². The highest BCUT2D eigenvalue weighted by Crippen LogP contribution is 2.33. The van der Waals surface area contributed by atoms with Crippen LogP contribution in [0.5, 0.6) is 0 Å². The molecule has 33 heavy (non-hydrogen) atoms. The minimum atomic E-state index is 0.0628. The van der Waals surface area contributed by atoms with Gasteiger partial charge in [0.1, 0.15) is 0 Å². The van der Waals surface area contributed by atoms with Gasteiger partial charge in [0.05, 0.1) is 22.4 Å². The number of fused-ring (bicyclic) bond motifs is 4. The molecule has 3 heteroatoms. The molecule has 2 heterocycles. The fourth-order valence-electron chi connectivity index (χ4n) is 4.52. The van der Waals surface area contributed by atoms with Crippen molar-refractivity contribution in [3.05, 3.63) is 109 Å². The van der Waals surface area contributed by atoms with E-state index in [1.807, 2.05) is 54.6 Å². The summed E-state index contributed by atoms with van der Waals surface area (Å²) in [4.78, 5) is 22.2. The molecule has 0 bridgehead atoms. The Morgan fingerprint density at radius 3 is 1.85 bits per heavy atom. The second kappa shape index (κ2) is 7.64. The maximum atomic E-state index is 12.2. The van der Waals surface area contributed by atoms with Gasteiger partial charge < -0.3 is 0 Å². The number of pyridine rings is 2. The lowest BCUT2D eigenvalue weighted by Gasteiger charge is -2.11. The lowest BCUT2D eigenvalue weighted by Crippen LogP contribution is -1.96. The minimum absolute atomic E-state index is 0.0628. The Bertz CT molecular complexity index is 1690. The molecule has 0 aliphatic rings. The van der Waals surface area contributed by atoms with Crippen molar-refractivity contribution >= 4 is 38.4 Å². The molecule has 0 saturated carbocycles. The van der Waals surface area contributed by atoms with Crippen LogP contribution in [0.3, 0.4) is 0 Å². The monoisotopic (exact) mass is 424 g/mol. The van der Waals surface area contributed by atoms with Crippen molar-refractivity contribution in [2.75, 3.05) is 0 Å². The van der Waals surface area contributed by atoms with Gasteiger partial charge in [-0.15, -0.1) is 0 Å². The molecule has 0 amide bonds. The number of nitrogens with zero attached hydrogens (tertiary/aromatic N) is 2. The highest BCUT2D eigenvalue weighted by molar-refractivity contribution is 6.11. The Morgan fingerprint density at radius 1 is 0.576 bits per heavy atom. The molecule has 6 rings (SSSR count). The molecule has 0 spiro atoms. The molecular weight excluding hydrogens is 404 g/mol. The van der Waals surface area contributed by atoms with E-state index < -0.39 is 0 Å². The Hall–Kier alpha value is -4.37. The van der Waals surface area contributed by atoms with Crippen molar-refractivity contribution in [2.45, 2.75) is 6.92 Å². The smallest absolute Gasteiger partial charge is 0.160 e. The Balaban J connectivity index is 1.60. The SMILES string of the molecule is CC(=O)c1ccc(-c2ccc3ccc4ccc(-c5ccccc5)nc4c3n2)c2ccccc12. The van der Waals surface area contributed by atoms with E-state index in [-0.39, 0.29) is 5.78 Å². The number of benzene rings is 4. The van der Waals surface area contributed by atoms with E-state index >= 15 is 0 Å². The molecule has 156 valence electrons. The Labute approximate surface area is 191 Å². The van der Waals surface area contributed by atoms with Crippen LogP contribution in [0.1, 0.15) is 17.3 Å². The van der Waals surface area contributed by atoms with Gasteiger partial charge in [-0.1, -0.05) is 91.0 Å². The average molecular weight is 425 g/mol. The van der Waals surface area contributed by atoms with Gasteiger partial charge in [0.25, 0.3) is 0 Å². The second-order valence-electron chi connectivity index (χ2n) is 8.23. The Kier molecular flexibility index (Phi) is 4.48. The number of hydrogen-bond donors (Lipinski definition) is 0. The van der Waals surface area contributed by atoms with E-state index in [4.69, 9.17) is 9.97 Å². The lowest BCUT2D eigenvalue weighted by atomic mass is 9.95. The van der Waals surface area contributed by atoms with Crippen molar-refractivity contribution in [3.8, 4) is 22.5 Å². The van der Waals surface area contributed by atoms with Gasteiger partial charge in [-0.25, -0.2) is 9.97 Å². The summed E-state index contributed by atoms with van der Waals surface area (Å²) < 4.78 is 0. The molecule has 0 radical (unpaired) electrons. The largest absolute Gasteiger partial charge is 0.294 e. The van der Waals surface area contributed by atoms with Crippen LogP contribution >= 0.6 is 0 Å². The van der Waals surface area contributed by atoms with E-state index in [9.17, 15) is 4.79 Å². The number of Topliss-reactive ketones (excluding diaryl/α,β-unsaturated/α-hetero) is 1. The van der Waals surface area contributed by atoms with Gasteiger partial charge in [0.2, 0.25) is 0 Å². The topological polar surface area (TPSA) is 42.9 Å². The summed E-state index contributed by atoms with van der Waals surface area (Å²) in [7, 11) is 0. The van der Waals surface area contributed by atoms with Crippen LogP contribution in [-0.2, 0) is 0 Å². The first-order valence-corrected chi connectivity index (χ1v) is 11.0. The van der Waals surface area contributed by atoms with Crippen LogP contribution in [0.25, 0.3) is 55.1 Å². The van der Waals surface area contributed by atoms with Gasteiger partial charge in [-0.3, -0.25) is 4.79 Å². The maximum Gasteiger partial charge on any atom is 0.160 e. The Morgan fingerprint density at radius 2 is 1.15 bits per heavy atom. The number of aromatic nitrogens is 2. The number of rotatable bonds is 3. The molecule has 0 aliphatic carbocycles. The van der Waals surface area contributed by atoms with Gasteiger partial charge >= 0.3 is 0 Å². The van der Waals surface area contributed by atoms with E-state index in [1.165, 1.54) is 0 Å². The lowest BCUT2D eigenvalue weighted by molar-refractivity contribution is 0.101. The molecule has 0 aliphatic heterocycles. The molecule has 3 nitrogen and oxygen atoms in total. The summed E-state index contributed by atoms with van der Waals surface area (Å²) in [6, 6.07) is 34.6. The van der Waals surface area contributed by atoms with Gasteiger partial charge in [0, 0.05) is 27.5 Å². The first kappa shape index (κ1) is 19.3. The van der Waals surface area contributed by atoms with Crippen molar-refractivity contribution in [2.24, 2.45) is 0 Å². The first-order chi connectivity index (χ1) is 16.2. The molecular formula is C30H20N2O. The molecule has 0 saturated heterocycles. The van der Waals surface area contributed by atoms with Crippen LogP contribution < -0.4 is 0 Å². The third-order valence-electron chi connectivity index (χ3n) is 6.17. The summed E-state index contributed by atoms with van der Waals surface area (Å²) in [5.41, 5.74) is 6.39. The van der Waals surface area contributed by atoms with Crippen molar-refractivity contribution in [1.29, 1.82) is 0 Å². The number of hydrogen-bond acceptors (Lipinski definition) is 3. The fourth-order valence-corrected chi connectivity index (χ4v) is 4.52. The van der Waals surface area contributed by atoms with Gasteiger partial charge in [-0.05, 0) is 29.8 Å². The zero-order valence-electron chi connectivity index (χ0n) is 18.1. The normalized spacial score (nSPS) is 11.3.